The van der Waals surface area contributed by atoms with E-state index in [1.807, 2.05) is 31.2 Å². The van der Waals surface area contributed by atoms with Crippen LogP contribution in [0.2, 0.25) is 0 Å². The van der Waals surface area contributed by atoms with Gasteiger partial charge in [-0.25, -0.2) is 10.2 Å². The van der Waals surface area contributed by atoms with Gasteiger partial charge in [-0.15, -0.1) is 0 Å². The molecular formula is C19H16N2O4. The van der Waals surface area contributed by atoms with Gasteiger partial charge >= 0.3 is 5.63 Å². The van der Waals surface area contributed by atoms with Crippen LogP contribution in [0.25, 0.3) is 11.0 Å². The summed E-state index contributed by atoms with van der Waals surface area (Å²) in [6.07, 6.45) is 1.48. The summed E-state index contributed by atoms with van der Waals surface area (Å²) in [4.78, 5) is 24.0. The molecule has 0 unspecified atom stereocenters. The van der Waals surface area contributed by atoms with Gasteiger partial charge < -0.3 is 9.15 Å². The van der Waals surface area contributed by atoms with Crippen molar-refractivity contribution < 1.29 is 13.9 Å². The van der Waals surface area contributed by atoms with Crippen molar-refractivity contribution in [1.29, 1.82) is 0 Å². The first-order valence-electron chi connectivity index (χ1n) is 7.76. The van der Waals surface area contributed by atoms with Crippen molar-refractivity contribution in [2.45, 2.75) is 6.92 Å². The number of rotatable bonds is 5. The Labute approximate surface area is 143 Å². The van der Waals surface area contributed by atoms with Gasteiger partial charge in [0.05, 0.1) is 12.8 Å². The highest BCUT2D eigenvalue weighted by molar-refractivity contribution is 5.97. The molecule has 25 heavy (non-hydrogen) atoms. The van der Waals surface area contributed by atoms with Crippen molar-refractivity contribution in [2.75, 3.05) is 6.61 Å². The molecule has 0 saturated heterocycles. The van der Waals surface area contributed by atoms with Crippen molar-refractivity contribution in [3.63, 3.8) is 0 Å². The summed E-state index contributed by atoms with van der Waals surface area (Å²) in [5, 5.41) is 4.54. The highest BCUT2D eigenvalue weighted by Gasteiger charge is 2.12. The minimum atomic E-state index is -0.701. The molecule has 126 valence electrons. The largest absolute Gasteiger partial charge is 0.494 e. The maximum Gasteiger partial charge on any atom is 0.349 e. The van der Waals surface area contributed by atoms with Crippen molar-refractivity contribution in [3.8, 4) is 5.75 Å². The van der Waals surface area contributed by atoms with Gasteiger partial charge in [-0.2, -0.15) is 5.10 Å². The minimum absolute atomic E-state index is 0.0949. The van der Waals surface area contributed by atoms with E-state index >= 15 is 0 Å². The number of carbonyl (C=O) groups is 1. The van der Waals surface area contributed by atoms with E-state index in [9.17, 15) is 9.59 Å². The van der Waals surface area contributed by atoms with Gasteiger partial charge in [-0.3, -0.25) is 4.79 Å². The van der Waals surface area contributed by atoms with Gasteiger partial charge in [-0.05, 0) is 48.9 Å². The standard InChI is InChI=1S/C19H16N2O4/c1-2-24-15-9-7-13(8-10-15)12-20-21-18(22)16-11-14-5-3-4-6-17(14)25-19(16)23/h3-12H,2H2,1H3,(H,21,22)/b20-12-. The first-order valence-corrected chi connectivity index (χ1v) is 7.76. The average Bonchev–Trinajstić information content (AvgIpc) is 2.62. The third kappa shape index (κ3) is 3.92. The number of nitrogens with zero attached hydrogens (tertiary/aromatic N) is 1. The van der Waals surface area contributed by atoms with E-state index in [4.69, 9.17) is 9.15 Å². The maximum absolute atomic E-state index is 12.1. The third-order valence-electron chi connectivity index (χ3n) is 3.46. The number of hydrogen-bond acceptors (Lipinski definition) is 5. The number of nitrogens with one attached hydrogen (secondary N) is 1. The molecule has 1 aromatic heterocycles. The molecule has 1 heterocycles. The van der Waals surface area contributed by atoms with Crippen LogP contribution in [0.1, 0.15) is 22.8 Å². The number of para-hydroxylation sites is 1. The number of ether oxygens (including phenoxy) is 1. The minimum Gasteiger partial charge on any atom is -0.494 e. The Kier molecular flexibility index (Phi) is 4.89. The summed E-state index contributed by atoms with van der Waals surface area (Å²) >= 11 is 0. The quantitative estimate of drug-likeness (QED) is 0.441. The zero-order valence-electron chi connectivity index (χ0n) is 13.6. The predicted octanol–water partition coefficient (Wildman–Crippen LogP) is 2.96. The van der Waals surface area contributed by atoms with Crippen LogP contribution in [0.15, 0.2) is 68.9 Å². The molecule has 1 N–H and O–H groups in total. The van der Waals surface area contributed by atoms with E-state index in [1.165, 1.54) is 12.3 Å². The van der Waals surface area contributed by atoms with Crippen LogP contribution in [0.3, 0.4) is 0 Å². The van der Waals surface area contributed by atoms with Crippen LogP contribution in [0.5, 0.6) is 5.75 Å². The van der Waals surface area contributed by atoms with Crippen molar-refractivity contribution in [3.05, 3.63) is 76.1 Å². The summed E-state index contributed by atoms with van der Waals surface area (Å²) in [5.41, 5.74) is 2.75. The topological polar surface area (TPSA) is 80.9 Å². The lowest BCUT2D eigenvalue weighted by Gasteiger charge is -2.02. The smallest absolute Gasteiger partial charge is 0.349 e. The van der Waals surface area contributed by atoms with Crippen molar-refractivity contribution in [1.82, 2.24) is 5.43 Å². The van der Waals surface area contributed by atoms with Gasteiger partial charge in [0.2, 0.25) is 0 Å². The number of fused-ring (bicyclic) bond motifs is 1. The van der Waals surface area contributed by atoms with Gasteiger partial charge in [0.1, 0.15) is 16.9 Å². The fourth-order valence-electron chi connectivity index (χ4n) is 2.26. The molecule has 3 rings (SSSR count). The van der Waals surface area contributed by atoms with E-state index in [-0.39, 0.29) is 5.56 Å². The van der Waals surface area contributed by atoms with Crippen LogP contribution in [-0.4, -0.2) is 18.7 Å². The number of benzene rings is 2. The van der Waals surface area contributed by atoms with E-state index in [2.05, 4.69) is 10.5 Å². The molecule has 0 aliphatic heterocycles. The molecule has 0 spiro atoms. The van der Waals surface area contributed by atoms with Crippen LogP contribution in [-0.2, 0) is 0 Å². The lowest BCUT2D eigenvalue weighted by molar-refractivity contribution is 0.0951. The van der Waals surface area contributed by atoms with E-state index in [0.717, 1.165) is 11.3 Å². The predicted molar refractivity (Wildman–Crippen MR) is 95.2 cm³/mol. The van der Waals surface area contributed by atoms with E-state index in [0.29, 0.717) is 17.6 Å². The summed E-state index contributed by atoms with van der Waals surface area (Å²) in [7, 11) is 0. The molecule has 2 aromatic carbocycles. The van der Waals surface area contributed by atoms with Crippen LogP contribution >= 0.6 is 0 Å². The normalized spacial score (nSPS) is 10.9. The Bertz CT molecular complexity index is 975. The van der Waals surface area contributed by atoms with Gasteiger partial charge in [0.25, 0.3) is 5.91 Å². The zero-order valence-corrected chi connectivity index (χ0v) is 13.6. The number of hydrazone groups is 1. The Hall–Kier alpha value is -3.41. The van der Waals surface area contributed by atoms with Crippen LogP contribution < -0.4 is 15.8 Å². The summed E-state index contributed by atoms with van der Waals surface area (Å²) in [6.45, 7) is 2.51. The molecule has 6 nitrogen and oxygen atoms in total. The first-order chi connectivity index (χ1) is 12.2. The molecule has 0 aliphatic carbocycles. The maximum atomic E-state index is 12.1. The van der Waals surface area contributed by atoms with Crippen LogP contribution in [0, 0.1) is 0 Å². The molecular weight excluding hydrogens is 320 g/mol. The van der Waals surface area contributed by atoms with Gasteiger partial charge in [-0.1, -0.05) is 18.2 Å². The Balaban J connectivity index is 1.72. The second-order valence-electron chi connectivity index (χ2n) is 5.19. The SMILES string of the molecule is CCOc1ccc(/C=N\NC(=O)c2cc3ccccc3oc2=O)cc1. The molecule has 0 aliphatic rings. The molecule has 0 fully saturated rings. The van der Waals surface area contributed by atoms with Crippen molar-refractivity contribution in [2.24, 2.45) is 5.10 Å². The fraction of sp³-hybridized carbons (Fsp3) is 0.105. The summed E-state index contributed by atoms with van der Waals surface area (Å²) in [6, 6.07) is 15.7. The Morgan fingerprint density at radius 3 is 2.72 bits per heavy atom. The molecule has 6 heteroatoms. The highest BCUT2D eigenvalue weighted by atomic mass is 16.5. The third-order valence-corrected chi connectivity index (χ3v) is 3.46. The lowest BCUT2D eigenvalue weighted by Crippen LogP contribution is -2.24. The fourth-order valence-corrected chi connectivity index (χ4v) is 2.26. The molecule has 3 aromatic rings. The van der Waals surface area contributed by atoms with Gasteiger partial charge in [0.15, 0.2) is 0 Å². The van der Waals surface area contributed by atoms with E-state index < -0.39 is 11.5 Å². The molecule has 0 atom stereocenters. The highest BCUT2D eigenvalue weighted by Crippen LogP contribution is 2.13. The summed E-state index contributed by atoms with van der Waals surface area (Å²) in [5.74, 6) is 0.138. The number of hydrogen-bond donors (Lipinski definition) is 1. The lowest BCUT2D eigenvalue weighted by atomic mass is 10.2. The average molecular weight is 336 g/mol. The van der Waals surface area contributed by atoms with Gasteiger partial charge in [0, 0.05) is 5.39 Å². The number of amides is 1. The van der Waals surface area contributed by atoms with Crippen LogP contribution in [0.4, 0.5) is 0 Å². The molecule has 1 amide bonds. The molecule has 0 bridgehead atoms. The molecule has 0 saturated carbocycles. The first kappa shape index (κ1) is 16.4. The summed E-state index contributed by atoms with van der Waals surface area (Å²) < 4.78 is 10.5. The second-order valence-corrected chi connectivity index (χ2v) is 5.19. The number of carbonyl (C=O) groups excluding carboxylic acids is 1. The Morgan fingerprint density at radius 1 is 1.20 bits per heavy atom. The van der Waals surface area contributed by atoms with Crippen molar-refractivity contribution >= 4 is 23.1 Å². The monoisotopic (exact) mass is 336 g/mol. The molecule has 0 radical (unpaired) electrons. The second kappa shape index (κ2) is 7.44. The van der Waals surface area contributed by atoms with E-state index in [1.54, 1.807) is 24.3 Å². The Morgan fingerprint density at radius 2 is 1.96 bits per heavy atom. The zero-order chi connectivity index (χ0) is 17.6.